The molecule has 6 nitrogen and oxygen atoms in total. The van der Waals surface area contributed by atoms with Gasteiger partial charge in [-0.05, 0) is 31.4 Å². The number of hydrogen-bond donors (Lipinski definition) is 2. The van der Waals surface area contributed by atoms with Crippen LogP contribution in [0.1, 0.15) is 62.2 Å². The van der Waals surface area contributed by atoms with Crippen molar-refractivity contribution in [1.29, 1.82) is 0 Å². The van der Waals surface area contributed by atoms with Gasteiger partial charge in [0.05, 0.1) is 5.56 Å². The van der Waals surface area contributed by atoms with Crippen LogP contribution in [0.5, 0.6) is 0 Å². The molecule has 2 amide bonds. The van der Waals surface area contributed by atoms with E-state index in [1.54, 1.807) is 18.2 Å². The van der Waals surface area contributed by atoms with Crippen LogP contribution >= 0.6 is 11.8 Å². The second-order valence-corrected chi connectivity index (χ2v) is 7.45. The molecule has 1 saturated carbocycles. The van der Waals surface area contributed by atoms with Crippen molar-refractivity contribution in [2.75, 3.05) is 5.94 Å². The number of nitrogens with one attached hydrogen (secondary N) is 1. The summed E-state index contributed by atoms with van der Waals surface area (Å²) in [5.41, 5.74) is 5.07. The van der Waals surface area contributed by atoms with Gasteiger partial charge in [-0.1, -0.05) is 50.1 Å². The summed E-state index contributed by atoms with van der Waals surface area (Å²) in [6, 6.07) is 7.07. The summed E-state index contributed by atoms with van der Waals surface area (Å²) in [7, 11) is 0. The number of carbonyl (C=O) groups is 3. The van der Waals surface area contributed by atoms with Crippen molar-refractivity contribution in [1.82, 2.24) is 5.32 Å². The van der Waals surface area contributed by atoms with E-state index in [1.165, 1.54) is 11.8 Å². The van der Waals surface area contributed by atoms with Crippen molar-refractivity contribution in [2.24, 2.45) is 5.73 Å². The third kappa shape index (κ3) is 5.24. The third-order valence-corrected chi connectivity index (χ3v) is 5.45. The average Bonchev–Trinajstić information content (AvgIpc) is 2.63. The van der Waals surface area contributed by atoms with Crippen LogP contribution in [0.15, 0.2) is 29.2 Å². The van der Waals surface area contributed by atoms with E-state index >= 15 is 0 Å². The van der Waals surface area contributed by atoms with Crippen LogP contribution in [0.4, 0.5) is 0 Å². The van der Waals surface area contributed by atoms with Gasteiger partial charge in [0, 0.05) is 11.3 Å². The number of rotatable bonds is 8. The second-order valence-electron chi connectivity index (χ2n) is 6.49. The zero-order chi connectivity index (χ0) is 19.0. The Morgan fingerprint density at radius 1 is 1.19 bits per heavy atom. The number of esters is 1. The van der Waals surface area contributed by atoms with Crippen LogP contribution in [-0.2, 0) is 14.3 Å². The van der Waals surface area contributed by atoms with Crippen molar-refractivity contribution in [3.63, 3.8) is 0 Å². The smallest absolute Gasteiger partial charge is 0.306 e. The molecule has 0 heterocycles. The van der Waals surface area contributed by atoms with Gasteiger partial charge >= 0.3 is 5.97 Å². The van der Waals surface area contributed by atoms with Crippen LogP contribution in [0.2, 0.25) is 0 Å². The quantitative estimate of drug-likeness (QED) is 0.412. The van der Waals surface area contributed by atoms with E-state index in [1.807, 2.05) is 13.0 Å². The summed E-state index contributed by atoms with van der Waals surface area (Å²) in [6.07, 6.45) is 5.03. The van der Waals surface area contributed by atoms with E-state index < -0.39 is 11.4 Å². The first-order chi connectivity index (χ1) is 12.5. The molecule has 26 heavy (non-hydrogen) atoms. The zero-order valence-electron chi connectivity index (χ0n) is 15.1. The normalized spacial score (nSPS) is 15.9. The summed E-state index contributed by atoms with van der Waals surface area (Å²) in [5, 5.41) is 2.87. The van der Waals surface area contributed by atoms with Crippen LogP contribution in [0, 0.1) is 0 Å². The Kier molecular flexibility index (Phi) is 7.50. The molecular weight excluding hydrogens is 352 g/mol. The van der Waals surface area contributed by atoms with Crippen LogP contribution < -0.4 is 11.1 Å². The van der Waals surface area contributed by atoms with Gasteiger partial charge in [-0.2, -0.15) is 0 Å². The molecule has 1 aliphatic rings. The summed E-state index contributed by atoms with van der Waals surface area (Å²) in [4.78, 5) is 36.9. The number of ether oxygens (including phenoxy) is 1. The molecule has 3 N–H and O–H groups in total. The number of carbonyl (C=O) groups excluding carboxylic acids is 3. The Labute approximate surface area is 158 Å². The molecule has 142 valence electrons. The molecule has 0 aromatic heterocycles. The number of nitrogens with two attached hydrogens (primary N) is 1. The fraction of sp³-hybridized carbons (Fsp3) is 0.526. The molecule has 1 aromatic rings. The number of hydrogen-bond acceptors (Lipinski definition) is 5. The number of primary amides is 1. The van der Waals surface area contributed by atoms with Crippen molar-refractivity contribution in [3.05, 3.63) is 29.8 Å². The highest BCUT2D eigenvalue weighted by atomic mass is 32.2. The second kappa shape index (κ2) is 9.62. The number of thioether (sulfide) groups is 1. The standard InChI is InChI=1S/C19H26N2O4S/c1-2-8-16(22)25-13-26-15-10-5-4-9-14(15)17(23)21-19(18(20)24)11-6-3-7-12-19/h4-5,9-10H,2-3,6-8,11-13H2,1H3,(H2,20,24)(H,21,23). The molecule has 0 atom stereocenters. The Morgan fingerprint density at radius 3 is 2.54 bits per heavy atom. The molecule has 0 unspecified atom stereocenters. The van der Waals surface area contributed by atoms with E-state index in [4.69, 9.17) is 10.5 Å². The first-order valence-electron chi connectivity index (χ1n) is 8.98. The minimum Gasteiger partial charge on any atom is -0.454 e. The molecule has 1 aromatic carbocycles. The van der Waals surface area contributed by atoms with Crippen LogP contribution in [-0.4, -0.2) is 29.3 Å². The third-order valence-electron chi connectivity index (χ3n) is 4.55. The monoisotopic (exact) mass is 378 g/mol. The van der Waals surface area contributed by atoms with Gasteiger partial charge in [0.15, 0.2) is 0 Å². The van der Waals surface area contributed by atoms with Crippen molar-refractivity contribution in [2.45, 2.75) is 62.3 Å². The summed E-state index contributed by atoms with van der Waals surface area (Å²) in [6.45, 7) is 1.91. The minimum absolute atomic E-state index is 0.143. The Balaban J connectivity index is 2.06. The first kappa shape index (κ1) is 20.3. The summed E-state index contributed by atoms with van der Waals surface area (Å²) in [5.74, 6) is -0.918. The Bertz CT molecular complexity index is 657. The molecule has 1 fully saturated rings. The van der Waals surface area contributed by atoms with Crippen molar-refractivity contribution in [3.8, 4) is 0 Å². The van der Waals surface area contributed by atoms with Gasteiger partial charge in [-0.3, -0.25) is 14.4 Å². The van der Waals surface area contributed by atoms with Gasteiger partial charge in [-0.25, -0.2) is 0 Å². The lowest BCUT2D eigenvalue weighted by Crippen LogP contribution is -2.58. The van der Waals surface area contributed by atoms with Gasteiger partial charge in [0.1, 0.15) is 11.5 Å². The fourth-order valence-corrected chi connectivity index (χ4v) is 3.90. The average molecular weight is 378 g/mol. The van der Waals surface area contributed by atoms with Crippen LogP contribution in [0.3, 0.4) is 0 Å². The highest BCUT2D eigenvalue weighted by molar-refractivity contribution is 7.99. The molecule has 2 rings (SSSR count). The van der Waals surface area contributed by atoms with Crippen molar-refractivity contribution < 1.29 is 19.1 Å². The maximum atomic E-state index is 12.8. The Hall–Kier alpha value is -2.02. The molecule has 0 saturated heterocycles. The van der Waals surface area contributed by atoms with Gasteiger partial charge in [0.25, 0.3) is 5.91 Å². The Morgan fingerprint density at radius 2 is 1.88 bits per heavy atom. The fourth-order valence-electron chi connectivity index (χ4n) is 3.09. The molecule has 7 heteroatoms. The minimum atomic E-state index is -0.972. The first-order valence-corrected chi connectivity index (χ1v) is 9.97. The number of amides is 2. The lowest BCUT2D eigenvalue weighted by Gasteiger charge is -2.35. The highest BCUT2D eigenvalue weighted by Crippen LogP contribution is 2.29. The van der Waals surface area contributed by atoms with E-state index in [-0.39, 0.29) is 17.8 Å². The molecular formula is C19H26N2O4S. The lowest BCUT2D eigenvalue weighted by atomic mass is 9.81. The highest BCUT2D eigenvalue weighted by Gasteiger charge is 2.39. The summed E-state index contributed by atoms with van der Waals surface area (Å²) >= 11 is 1.28. The largest absolute Gasteiger partial charge is 0.454 e. The maximum absolute atomic E-state index is 12.8. The topological polar surface area (TPSA) is 98.5 Å². The van der Waals surface area contributed by atoms with E-state index in [2.05, 4.69) is 5.32 Å². The number of benzene rings is 1. The van der Waals surface area contributed by atoms with Crippen LogP contribution in [0.25, 0.3) is 0 Å². The van der Waals surface area contributed by atoms with Crippen molar-refractivity contribution >= 4 is 29.5 Å². The molecule has 0 aliphatic heterocycles. The van der Waals surface area contributed by atoms with Gasteiger partial charge in [0.2, 0.25) is 5.91 Å². The molecule has 1 aliphatic carbocycles. The molecule has 0 bridgehead atoms. The van der Waals surface area contributed by atoms with Gasteiger partial charge in [-0.15, -0.1) is 0 Å². The molecule has 0 radical (unpaired) electrons. The summed E-state index contributed by atoms with van der Waals surface area (Å²) < 4.78 is 5.15. The van der Waals surface area contributed by atoms with E-state index in [0.717, 1.165) is 25.7 Å². The predicted octanol–water partition coefficient (Wildman–Crippen LogP) is 3.00. The zero-order valence-corrected chi connectivity index (χ0v) is 15.9. The lowest BCUT2D eigenvalue weighted by molar-refractivity contribution is -0.141. The van der Waals surface area contributed by atoms with E-state index in [0.29, 0.717) is 29.7 Å². The van der Waals surface area contributed by atoms with Gasteiger partial charge < -0.3 is 15.8 Å². The van der Waals surface area contributed by atoms with E-state index in [9.17, 15) is 14.4 Å². The maximum Gasteiger partial charge on any atom is 0.306 e. The predicted molar refractivity (Wildman–Crippen MR) is 101 cm³/mol. The SMILES string of the molecule is CCCC(=O)OCSc1ccccc1C(=O)NC1(C(N)=O)CCCCC1. The molecule has 0 spiro atoms.